The van der Waals surface area contributed by atoms with Gasteiger partial charge in [0.25, 0.3) is 0 Å². The third-order valence-corrected chi connectivity index (χ3v) is 20.0. The Labute approximate surface area is 466 Å². The molecule has 0 spiro atoms. The van der Waals surface area contributed by atoms with Crippen LogP contribution in [0.5, 0.6) is 11.5 Å². The van der Waals surface area contributed by atoms with E-state index in [-0.39, 0.29) is 5.60 Å². The lowest BCUT2D eigenvalue weighted by Crippen LogP contribution is -2.35. The number of aromatic hydroxyl groups is 1. The molecule has 0 saturated heterocycles. The second-order valence-corrected chi connectivity index (χ2v) is 26.1. The van der Waals surface area contributed by atoms with E-state index in [9.17, 15) is 10.2 Å². The lowest BCUT2D eigenvalue weighted by Gasteiger charge is -2.38. The summed E-state index contributed by atoms with van der Waals surface area (Å²) in [6, 6.07) is 8.49. The topological polar surface area (TPSA) is 49.7 Å². The summed E-state index contributed by atoms with van der Waals surface area (Å²) in [5.74, 6) is 1.49. The van der Waals surface area contributed by atoms with Crippen LogP contribution in [0.3, 0.4) is 0 Å². The smallest absolute Gasteiger partial charge is 0.140 e. The highest BCUT2D eigenvalue weighted by atomic mass is 32.1. The highest BCUT2D eigenvalue weighted by Crippen LogP contribution is 2.54. The Balaban J connectivity index is 0.000000317. The van der Waals surface area contributed by atoms with E-state index in [0.717, 1.165) is 46.8 Å². The summed E-state index contributed by atoms with van der Waals surface area (Å²) in [6.45, 7) is 9.16. The van der Waals surface area contributed by atoms with Crippen molar-refractivity contribution < 1.29 is 14.9 Å². The highest BCUT2D eigenvalue weighted by Gasteiger charge is 2.41. The molecular formula is C66H110O3S4. The van der Waals surface area contributed by atoms with E-state index >= 15 is 0 Å². The predicted octanol–water partition coefficient (Wildman–Crippen LogP) is 24.7. The van der Waals surface area contributed by atoms with Gasteiger partial charge in [0.1, 0.15) is 17.1 Å². The first kappa shape index (κ1) is 63.9. The van der Waals surface area contributed by atoms with Crippen molar-refractivity contribution in [1.82, 2.24) is 0 Å². The fraction of sp³-hybridized carbons (Fsp3) is 0.758. The number of thiophene rings is 4. The summed E-state index contributed by atoms with van der Waals surface area (Å²) in [6.07, 6.45) is 58.2. The summed E-state index contributed by atoms with van der Waals surface area (Å²) in [4.78, 5) is 4.83. The average Bonchev–Trinajstić information content (AvgIpc) is 4.25. The quantitative estimate of drug-likeness (QED) is 0.0434. The van der Waals surface area contributed by atoms with Crippen LogP contribution in [0, 0.1) is 0 Å². The minimum absolute atomic E-state index is 0.0935. The summed E-state index contributed by atoms with van der Waals surface area (Å²) >= 11 is 7.00. The third kappa shape index (κ3) is 24.7. The van der Waals surface area contributed by atoms with Gasteiger partial charge in [-0.1, -0.05) is 272 Å². The number of hydrogen-bond donors (Lipinski definition) is 2. The zero-order chi connectivity index (χ0) is 51.9. The highest BCUT2D eigenvalue weighted by molar-refractivity contribution is 7.21. The number of fused-ring (bicyclic) bond motifs is 3. The van der Waals surface area contributed by atoms with Crippen LogP contribution in [0.1, 0.15) is 321 Å². The van der Waals surface area contributed by atoms with Gasteiger partial charge in [0, 0.05) is 11.1 Å². The monoisotopic (exact) mass is 1080 g/mol. The molecule has 0 atom stereocenters. The maximum Gasteiger partial charge on any atom is 0.140 e. The predicted molar refractivity (Wildman–Crippen MR) is 329 cm³/mol. The van der Waals surface area contributed by atoms with Crippen molar-refractivity contribution >= 4 is 45.3 Å². The zero-order valence-corrected chi connectivity index (χ0v) is 50.9. The third-order valence-electron chi connectivity index (χ3n) is 16.1. The fourth-order valence-electron chi connectivity index (χ4n) is 11.5. The lowest BCUT2D eigenvalue weighted by molar-refractivity contribution is 0.0141. The van der Waals surface area contributed by atoms with Crippen LogP contribution in [-0.4, -0.2) is 10.2 Å². The van der Waals surface area contributed by atoms with Gasteiger partial charge in [0.2, 0.25) is 0 Å². The van der Waals surface area contributed by atoms with Crippen molar-refractivity contribution in [3.05, 3.63) is 56.9 Å². The van der Waals surface area contributed by atoms with Gasteiger partial charge in [0.15, 0.2) is 0 Å². The standard InChI is InChI=1S/C33H56O2S2.C33H54OS2/c1-3-5-7-9-11-13-15-17-19-21-25-33(35,26-22-20-18-16-14-12-10-8-6-4-2)29-23-27-36-31(29)32-30(34)24-28-37-32;1-3-5-7-9-11-13-15-17-19-21-25-33(26-22-20-18-16-14-12-10-8-6-4-2)29-23-27-35-31(29)32-30(34-33)24-28-36-32/h23-24,27-28,34-35H,3-22,25-26H2,1-2H3;23-24,27-28H,3-22,25-26H2,1-2H3. The molecule has 73 heavy (non-hydrogen) atoms. The molecule has 2 N–H and O–H groups in total. The van der Waals surface area contributed by atoms with Gasteiger partial charge in [0.05, 0.1) is 25.1 Å². The molecule has 7 heteroatoms. The molecule has 4 aromatic heterocycles. The number of aliphatic hydroxyl groups is 1. The molecule has 5 rings (SSSR count). The van der Waals surface area contributed by atoms with E-state index in [4.69, 9.17) is 4.74 Å². The van der Waals surface area contributed by atoms with E-state index in [0.29, 0.717) is 5.75 Å². The molecule has 0 radical (unpaired) electrons. The van der Waals surface area contributed by atoms with Gasteiger partial charge in [-0.3, -0.25) is 0 Å². The van der Waals surface area contributed by atoms with Gasteiger partial charge in [-0.05, 0) is 84.3 Å². The van der Waals surface area contributed by atoms with Crippen molar-refractivity contribution in [2.75, 3.05) is 0 Å². The fourth-order valence-corrected chi connectivity index (χ4v) is 15.4. The summed E-state index contributed by atoms with van der Waals surface area (Å²) < 4.78 is 6.93. The summed E-state index contributed by atoms with van der Waals surface area (Å²) in [7, 11) is 0. The first-order valence-electron chi connectivity index (χ1n) is 31.3. The van der Waals surface area contributed by atoms with Crippen LogP contribution in [0.2, 0.25) is 0 Å². The Kier molecular flexibility index (Phi) is 35.5. The van der Waals surface area contributed by atoms with Crippen LogP contribution in [0.25, 0.3) is 19.5 Å². The van der Waals surface area contributed by atoms with Crippen LogP contribution >= 0.6 is 45.3 Å². The van der Waals surface area contributed by atoms with E-state index in [1.165, 1.54) is 272 Å². The molecule has 0 bridgehead atoms. The van der Waals surface area contributed by atoms with E-state index < -0.39 is 5.60 Å². The number of rotatable bonds is 46. The van der Waals surface area contributed by atoms with Crippen LogP contribution in [0.4, 0.5) is 0 Å². The zero-order valence-electron chi connectivity index (χ0n) is 47.7. The van der Waals surface area contributed by atoms with Crippen molar-refractivity contribution in [3.63, 3.8) is 0 Å². The van der Waals surface area contributed by atoms with Crippen LogP contribution in [0.15, 0.2) is 45.8 Å². The molecule has 0 saturated carbocycles. The Hall–Kier alpha value is -1.64. The van der Waals surface area contributed by atoms with Gasteiger partial charge in [-0.15, -0.1) is 45.3 Å². The molecule has 416 valence electrons. The molecule has 0 aliphatic carbocycles. The molecular weight excluding hydrogens is 969 g/mol. The molecule has 1 aliphatic heterocycles. The van der Waals surface area contributed by atoms with Crippen molar-refractivity contribution in [3.8, 4) is 31.0 Å². The SMILES string of the molecule is CCCCCCCCCCCCC(O)(CCCCCCCCCCCC)c1ccsc1-c1sccc1O.CCCCCCCCCCCCC1(CCCCCCCCCCCC)Oc2ccsc2-c2sccc21. The maximum absolute atomic E-state index is 12.0. The summed E-state index contributed by atoms with van der Waals surface area (Å²) in [5, 5.41) is 30.9. The second-order valence-electron chi connectivity index (χ2n) is 22.4. The van der Waals surface area contributed by atoms with Crippen molar-refractivity contribution in [2.24, 2.45) is 0 Å². The van der Waals surface area contributed by atoms with E-state index in [1.54, 1.807) is 28.7 Å². The van der Waals surface area contributed by atoms with E-state index in [2.05, 4.69) is 62.0 Å². The molecule has 5 heterocycles. The lowest BCUT2D eigenvalue weighted by atomic mass is 9.81. The molecule has 0 unspecified atom stereocenters. The number of unbranched alkanes of at least 4 members (excludes halogenated alkanes) is 36. The van der Waals surface area contributed by atoms with Gasteiger partial charge in [-0.2, -0.15) is 0 Å². The second kappa shape index (κ2) is 40.6. The molecule has 0 amide bonds. The van der Waals surface area contributed by atoms with Crippen molar-refractivity contribution in [2.45, 2.75) is 321 Å². The number of hydrogen-bond acceptors (Lipinski definition) is 7. The van der Waals surface area contributed by atoms with Gasteiger partial charge < -0.3 is 14.9 Å². The first-order chi connectivity index (χ1) is 35.9. The Morgan fingerprint density at radius 3 is 1.11 bits per heavy atom. The van der Waals surface area contributed by atoms with Gasteiger partial charge in [-0.25, -0.2) is 0 Å². The van der Waals surface area contributed by atoms with Crippen molar-refractivity contribution in [1.29, 1.82) is 0 Å². The minimum Gasteiger partial charge on any atom is -0.506 e. The van der Waals surface area contributed by atoms with Crippen LogP contribution in [-0.2, 0) is 11.2 Å². The van der Waals surface area contributed by atoms with Gasteiger partial charge >= 0.3 is 0 Å². The maximum atomic E-state index is 12.0. The largest absolute Gasteiger partial charge is 0.506 e. The Bertz CT molecular complexity index is 1820. The Morgan fingerprint density at radius 2 is 0.699 bits per heavy atom. The first-order valence-corrected chi connectivity index (χ1v) is 34.9. The molecule has 1 aliphatic rings. The Morgan fingerprint density at radius 1 is 0.370 bits per heavy atom. The molecule has 0 fully saturated rings. The molecule has 3 nitrogen and oxygen atoms in total. The molecule has 0 aromatic carbocycles. The molecule has 4 aromatic rings. The van der Waals surface area contributed by atoms with E-state index in [1.807, 2.05) is 28.1 Å². The van der Waals surface area contributed by atoms with Crippen LogP contribution < -0.4 is 4.74 Å². The summed E-state index contributed by atoms with van der Waals surface area (Å²) in [5.41, 5.74) is 1.66. The number of ether oxygens (including phenoxy) is 1. The minimum atomic E-state index is -0.786. The normalized spacial score (nSPS) is 12.9. The average molecular weight is 1080 g/mol.